The van der Waals surface area contributed by atoms with Crippen molar-refractivity contribution in [3.8, 4) is 5.88 Å². The smallest absolute Gasteiger partial charge is 0.307 e. The maximum absolute atomic E-state index is 12.2. The number of thiazole rings is 1. The lowest BCUT2D eigenvalue weighted by molar-refractivity contribution is 0.104. The first-order valence-corrected chi connectivity index (χ1v) is 8.21. The largest absolute Gasteiger partial charge is 0.494 e. The summed E-state index contributed by atoms with van der Waals surface area (Å²) in [6.45, 7) is 0. The number of benzene rings is 2. The molecule has 2 aromatic carbocycles. The van der Waals surface area contributed by atoms with Gasteiger partial charge in [-0.05, 0) is 17.2 Å². The van der Waals surface area contributed by atoms with Crippen LogP contribution in [-0.2, 0) is 6.42 Å². The minimum absolute atomic E-state index is 0.0699. The Labute approximate surface area is 142 Å². The molecule has 5 heteroatoms. The van der Waals surface area contributed by atoms with Crippen molar-refractivity contribution in [2.75, 3.05) is 0 Å². The number of carbonyl (C=O) groups is 1. The summed E-state index contributed by atoms with van der Waals surface area (Å²) >= 11 is 0.986. The molecule has 4 nitrogen and oxygen atoms in total. The number of hydrogen-bond acceptors (Lipinski definition) is 4. The van der Waals surface area contributed by atoms with Gasteiger partial charge in [-0.1, -0.05) is 72.0 Å². The molecule has 0 fully saturated rings. The monoisotopic (exact) mass is 337 g/mol. The van der Waals surface area contributed by atoms with E-state index in [9.17, 15) is 14.7 Å². The van der Waals surface area contributed by atoms with Crippen molar-refractivity contribution >= 4 is 23.2 Å². The summed E-state index contributed by atoms with van der Waals surface area (Å²) in [6, 6.07) is 16.8. The predicted octanol–water partition coefficient (Wildman–Crippen LogP) is 3.63. The van der Waals surface area contributed by atoms with E-state index in [1.54, 1.807) is 24.3 Å². The molecule has 0 spiro atoms. The molecule has 24 heavy (non-hydrogen) atoms. The third-order valence-electron chi connectivity index (χ3n) is 3.53. The second kappa shape index (κ2) is 7.10. The minimum Gasteiger partial charge on any atom is -0.494 e. The van der Waals surface area contributed by atoms with E-state index in [1.165, 1.54) is 0 Å². The highest BCUT2D eigenvalue weighted by atomic mass is 32.1. The summed E-state index contributed by atoms with van der Waals surface area (Å²) < 4.78 is 0. The number of aromatic hydroxyl groups is 1. The van der Waals surface area contributed by atoms with Crippen LogP contribution >= 0.6 is 11.3 Å². The Kier molecular flexibility index (Phi) is 4.72. The zero-order valence-corrected chi connectivity index (χ0v) is 13.5. The van der Waals surface area contributed by atoms with Gasteiger partial charge in [0.1, 0.15) is 0 Å². The van der Waals surface area contributed by atoms with Crippen LogP contribution in [0.1, 0.15) is 26.4 Å². The number of nitrogens with one attached hydrogen (secondary N) is 1. The molecule has 0 aliphatic heterocycles. The molecule has 120 valence electrons. The molecule has 0 radical (unpaired) electrons. The quantitative estimate of drug-likeness (QED) is 0.552. The molecule has 0 aliphatic rings. The van der Waals surface area contributed by atoms with Gasteiger partial charge < -0.3 is 5.11 Å². The van der Waals surface area contributed by atoms with Crippen LogP contribution in [0.2, 0.25) is 0 Å². The zero-order valence-electron chi connectivity index (χ0n) is 12.7. The SMILES string of the molecule is O=C(C=Cc1ccccc1)c1ccc(Cc2sc(=O)[nH]c2O)cc1. The number of allylic oxidation sites excluding steroid dienone is 1. The number of ketones is 1. The number of aromatic nitrogens is 1. The molecular weight excluding hydrogens is 322 g/mol. The number of H-pyrrole nitrogens is 1. The molecule has 0 unspecified atom stereocenters. The van der Waals surface area contributed by atoms with Crippen LogP contribution in [0.5, 0.6) is 5.88 Å². The number of carbonyl (C=O) groups excluding carboxylic acids is 1. The van der Waals surface area contributed by atoms with Crippen molar-refractivity contribution < 1.29 is 9.90 Å². The third-order valence-corrected chi connectivity index (χ3v) is 4.40. The maximum atomic E-state index is 12.2. The second-order valence-electron chi connectivity index (χ2n) is 5.27. The summed E-state index contributed by atoms with van der Waals surface area (Å²) in [5.74, 6) is -0.157. The van der Waals surface area contributed by atoms with Crippen molar-refractivity contribution in [1.29, 1.82) is 0 Å². The van der Waals surface area contributed by atoms with E-state index < -0.39 is 0 Å². The summed E-state index contributed by atoms with van der Waals surface area (Å²) in [7, 11) is 0. The number of hydrogen-bond donors (Lipinski definition) is 2. The van der Waals surface area contributed by atoms with Crippen LogP contribution < -0.4 is 4.87 Å². The van der Waals surface area contributed by atoms with Gasteiger partial charge >= 0.3 is 4.87 Å². The lowest BCUT2D eigenvalue weighted by atomic mass is 10.0. The van der Waals surface area contributed by atoms with Crippen molar-refractivity contribution in [3.63, 3.8) is 0 Å². The topological polar surface area (TPSA) is 70.2 Å². The first kappa shape index (κ1) is 16.0. The zero-order chi connectivity index (χ0) is 16.9. The van der Waals surface area contributed by atoms with Crippen LogP contribution in [0.15, 0.2) is 65.5 Å². The van der Waals surface area contributed by atoms with Crippen molar-refractivity contribution in [1.82, 2.24) is 4.98 Å². The van der Waals surface area contributed by atoms with Gasteiger partial charge in [0.2, 0.25) is 5.88 Å². The Morgan fingerprint density at radius 1 is 1.08 bits per heavy atom. The predicted molar refractivity (Wildman–Crippen MR) is 95.7 cm³/mol. The lowest BCUT2D eigenvalue weighted by Crippen LogP contribution is -1.95. The van der Waals surface area contributed by atoms with Gasteiger partial charge in [-0.2, -0.15) is 0 Å². The van der Waals surface area contributed by atoms with Gasteiger partial charge in [-0.25, -0.2) is 0 Å². The van der Waals surface area contributed by atoms with Gasteiger partial charge in [-0.3, -0.25) is 14.6 Å². The first-order valence-electron chi connectivity index (χ1n) is 7.39. The Bertz CT molecular complexity index is 921. The average Bonchev–Trinajstić information content (AvgIpc) is 2.91. The minimum atomic E-state index is -0.277. The average molecular weight is 337 g/mol. The molecule has 0 bridgehead atoms. The van der Waals surface area contributed by atoms with E-state index in [0.29, 0.717) is 16.9 Å². The van der Waals surface area contributed by atoms with Gasteiger partial charge in [-0.15, -0.1) is 0 Å². The van der Waals surface area contributed by atoms with Crippen LogP contribution in [0.3, 0.4) is 0 Å². The molecule has 0 saturated carbocycles. The molecule has 0 saturated heterocycles. The fraction of sp³-hybridized carbons (Fsp3) is 0.0526. The molecule has 0 atom stereocenters. The van der Waals surface area contributed by atoms with E-state index in [2.05, 4.69) is 4.98 Å². The summed E-state index contributed by atoms with van der Waals surface area (Å²) in [5, 5.41) is 9.61. The maximum Gasteiger partial charge on any atom is 0.307 e. The molecule has 3 rings (SSSR count). The van der Waals surface area contributed by atoms with Crippen LogP contribution in [0.4, 0.5) is 0 Å². The highest BCUT2D eigenvalue weighted by molar-refractivity contribution is 7.09. The Hall–Kier alpha value is -2.92. The van der Waals surface area contributed by atoms with E-state index in [4.69, 9.17) is 0 Å². The molecule has 1 heterocycles. The lowest BCUT2D eigenvalue weighted by Gasteiger charge is -2.01. The normalized spacial score (nSPS) is 11.0. The molecule has 0 amide bonds. The van der Waals surface area contributed by atoms with Crippen LogP contribution in [0.25, 0.3) is 6.08 Å². The fourth-order valence-corrected chi connectivity index (χ4v) is 3.03. The Morgan fingerprint density at radius 3 is 2.42 bits per heavy atom. The van der Waals surface area contributed by atoms with E-state index in [1.807, 2.05) is 42.5 Å². The molecule has 3 aromatic rings. The van der Waals surface area contributed by atoms with Crippen molar-refractivity contribution in [2.24, 2.45) is 0 Å². The van der Waals surface area contributed by atoms with Crippen molar-refractivity contribution in [3.05, 3.63) is 91.9 Å². The summed E-state index contributed by atoms with van der Waals surface area (Å²) in [4.78, 5) is 26.0. The molecule has 2 N–H and O–H groups in total. The molecule has 1 aromatic heterocycles. The van der Waals surface area contributed by atoms with Gasteiger partial charge in [0.15, 0.2) is 5.78 Å². The van der Waals surface area contributed by atoms with Crippen LogP contribution in [0, 0.1) is 0 Å². The van der Waals surface area contributed by atoms with Crippen LogP contribution in [-0.4, -0.2) is 15.9 Å². The van der Waals surface area contributed by atoms with E-state index in [-0.39, 0.29) is 16.5 Å². The standard InChI is InChI=1S/C19H15NO3S/c21-16(11-8-13-4-2-1-3-5-13)15-9-6-14(7-10-15)12-17-18(22)20-19(23)24-17/h1-11,22H,12H2,(H,20,23). The Morgan fingerprint density at radius 2 is 1.79 bits per heavy atom. The molecular formula is C19H15NO3S. The number of aromatic amines is 1. The van der Waals surface area contributed by atoms with Gasteiger partial charge in [0, 0.05) is 12.0 Å². The van der Waals surface area contributed by atoms with E-state index in [0.717, 1.165) is 22.5 Å². The summed E-state index contributed by atoms with van der Waals surface area (Å²) in [6.07, 6.45) is 3.78. The second-order valence-corrected chi connectivity index (χ2v) is 6.34. The van der Waals surface area contributed by atoms with E-state index >= 15 is 0 Å². The highest BCUT2D eigenvalue weighted by Crippen LogP contribution is 2.20. The van der Waals surface area contributed by atoms with Gasteiger partial charge in [0.25, 0.3) is 0 Å². The third kappa shape index (κ3) is 3.88. The fourth-order valence-electron chi connectivity index (χ4n) is 2.28. The van der Waals surface area contributed by atoms with Crippen molar-refractivity contribution in [2.45, 2.75) is 6.42 Å². The summed E-state index contributed by atoms with van der Waals surface area (Å²) in [5.41, 5.74) is 2.49. The molecule has 0 aliphatic carbocycles. The highest BCUT2D eigenvalue weighted by Gasteiger charge is 2.08. The Balaban J connectivity index is 1.70. The number of rotatable bonds is 5. The first-order chi connectivity index (χ1) is 11.6. The van der Waals surface area contributed by atoms with Gasteiger partial charge in [0.05, 0.1) is 4.88 Å².